The predicted molar refractivity (Wildman–Crippen MR) is 125 cm³/mol. The van der Waals surface area contributed by atoms with E-state index in [2.05, 4.69) is 55.2 Å². The average Bonchev–Trinajstić information content (AvgIpc) is 2.77. The van der Waals surface area contributed by atoms with Gasteiger partial charge in [-0.1, -0.05) is 58.0 Å². The molecule has 2 aromatic rings. The van der Waals surface area contributed by atoms with E-state index in [1.165, 1.54) is 18.6 Å². The van der Waals surface area contributed by atoms with E-state index in [4.69, 9.17) is 4.65 Å². The first-order valence-corrected chi connectivity index (χ1v) is 11.2. The lowest BCUT2D eigenvalue weighted by molar-refractivity contribution is -0.123. The van der Waals surface area contributed by atoms with E-state index in [-0.39, 0.29) is 35.9 Å². The molecule has 1 aromatic heterocycles. The van der Waals surface area contributed by atoms with Gasteiger partial charge >= 0.3 is 6.92 Å². The number of hydrogen-bond donors (Lipinski definition) is 2. The summed E-state index contributed by atoms with van der Waals surface area (Å²) in [6.45, 7) is 10.6. The van der Waals surface area contributed by atoms with Gasteiger partial charge in [-0.05, 0) is 30.1 Å². The topological polar surface area (TPSA) is 93.2 Å². The van der Waals surface area contributed by atoms with Gasteiger partial charge in [0.2, 0.25) is 5.91 Å². The fraction of sp³-hybridized carbons (Fsp3) is 0.500. The van der Waals surface area contributed by atoms with Gasteiger partial charge in [0.25, 0.3) is 5.91 Å². The zero-order valence-corrected chi connectivity index (χ0v) is 19.5. The Bertz CT molecular complexity index is 908. The number of carbonyl (C=O) groups excluding carboxylic acids is 2. The van der Waals surface area contributed by atoms with Crippen molar-refractivity contribution in [1.82, 2.24) is 20.6 Å². The van der Waals surface area contributed by atoms with Crippen molar-refractivity contribution in [3.8, 4) is 0 Å². The van der Waals surface area contributed by atoms with Gasteiger partial charge < -0.3 is 15.3 Å². The van der Waals surface area contributed by atoms with Crippen molar-refractivity contribution in [3.63, 3.8) is 0 Å². The van der Waals surface area contributed by atoms with Crippen molar-refractivity contribution in [1.29, 1.82) is 0 Å². The Labute approximate surface area is 190 Å². The standard InChI is InChI=1S/C24H33BN4O3/c1-16(2)13-21(25-24(4,5)17(3)32-25)29-22(30)19(14-18-9-7-6-8-10-18)28-23(31)20-15-26-11-12-27-20/h6-12,15-17,19,21H,13-14H2,1-5H3,(H,28,31)(H,29,30)/t17?,19-,21-/m0/s1. The zero-order valence-electron chi connectivity index (χ0n) is 19.5. The summed E-state index contributed by atoms with van der Waals surface area (Å²) in [5.74, 6) is -0.406. The molecule has 0 bridgehead atoms. The first kappa shape index (κ1) is 23.9. The van der Waals surface area contributed by atoms with Crippen molar-refractivity contribution >= 4 is 18.7 Å². The monoisotopic (exact) mass is 436 g/mol. The molecule has 7 nitrogen and oxygen atoms in total. The van der Waals surface area contributed by atoms with Crippen LogP contribution >= 0.6 is 0 Å². The van der Waals surface area contributed by atoms with E-state index in [0.29, 0.717) is 12.3 Å². The van der Waals surface area contributed by atoms with Crippen molar-refractivity contribution in [2.75, 3.05) is 0 Å². The minimum atomic E-state index is -0.748. The lowest BCUT2D eigenvalue weighted by atomic mass is 9.35. The van der Waals surface area contributed by atoms with E-state index in [1.54, 1.807) is 0 Å². The van der Waals surface area contributed by atoms with E-state index in [0.717, 1.165) is 12.0 Å². The normalized spacial score (nSPS) is 19.1. The smallest absolute Gasteiger partial charge is 0.324 e. The molecule has 1 saturated heterocycles. The maximum absolute atomic E-state index is 13.4. The van der Waals surface area contributed by atoms with Gasteiger partial charge in [-0.2, -0.15) is 0 Å². The maximum Gasteiger partial charge on any atom is 0.324 e. The minimum absolute atomic E-state index is 0.0371. The van der Waals surface area contributed by atoms with E-state index in [1.807, 2.05) is 30.3 Å². The van der Waals surface area contributed by atoms with Gasteiger partial charge in [0, 0.05) is 30.9 Å². The van der Waals surface area contributed by atoms with Crippen LogP contribution in [0.3, 0.4) is 0 Å². The van der Waals surface area contributed by atoms with Crippen molar-refractivity contribution in [3.05, 3.63) is 60.2 Å². The van der Waals surface area contributed by atoms with Crippen LogP contribution in [-0.2, 0) is 15.9 Å². The molecule has 0 saturated carbocycles. The van der Waals surface area contributed by atoms with E-state index in [9.17, 15) is 9.59 Å². The van der Waals surface area contributed by atoms with Gasteiger partial charge in [-0.3, -0.25) is 14.6 Å². The SMILES string of the molecule is CC(C)C[C@H](NC(=O)[C@H](Cc1ccccc1)NC(=O)c1cnccn1)B1OC(C)C1(C)C. The van der Waals surface area contributed by atoms with Gasteiger partial charge in [0.05, 0.1) is 6.20 Å². The number of rotatable bonds is 9. The Balaban J connectivity index is 1.78. The van der Waals surface area contributed by atoms with E-state index < -0.39 is 11.9 Å². The summed E-state index contributed by atoms with van der Waals surface area (Å²) in [5.41, 5.74) is 1.13. The van der Waals surface area contributed by atoms with Crippen LogP contribution in [0.2, 0.25) is 5.31 Å². The lowest BCUT2D eigenvalue weighted by Crippen LogP contribution is -2.65. The fourth-order valence-corrected chi connectivity index (χ4v) is 4.10. The Kier molecular flexibility index (Phi) is 7.66. The van der Waals surface area contributed by atoms with Crippen LogP contribution in [0.4, 0.5) is 0 Å². The summed E-state index contributed by atoms with van der Waals surface area (Å²) in [4.78, 5) is 34.2. The highest BCUT2D eigenvalue weighted by molar-refractivity contribution is 6.60. The third-order valence-corrected chi connectivity index (χ3v) is 6.25. The molecule has 1 aliphatic rings. The quantitative estimate of drug-likeness (QED) is 0.590. The fourth-order valence-electron chi connectivity index (χ4n) is 4.10. The van der Waals surface area contributed by atoms with Crippen LogP contribution < -0.4 is 10.6 Å². The molecule has 2 N–H and O–H groups in total. The largest absolute Gasteiger partial charge is 0.431 e. The third kappa shape index (κ3) is 5.74. The molecule has 1 aromatic carbocycles. The van der Waals surface area contributed by atoms with Crippen LogP contribution in [0, 0.1) is 5.92 Å². The van der Waals surface area contributed by atoms with Gasteiger partial charge in [-0.25, -0.2) is 4.98 Å². The van der Waals surface area contributed by atoms with Gasteiger partial charge in [0.15, 0.2) is 0 Å². The zero-order chi connectivity index (χ0) is 23.3. The number of nitrogens with one attached hydrogen (secondary N) is 2. The average molecular weight is 436 g/mol. The molecule has 1 aliphatic heterocycles. The van der Waals surface area contributed by atoms with Crippen molar-refractivity contribution in [2.45, 2.75) is 70.9 Å². The molecule has 32 heavy (non-hydrogen) atoms. The van der Waals surface area contributed by atoms with Crippen LogP contribution in [0.1, 0.15) is 57.1 Å². The Morgan fingerprint density at radius 1 is 1.16 bits per heavy atom. The highest BCUT2D eigenvalue weighted by Crippen LogP contribution is 2.47. The number of nitrogens with zero attached hydrogens (tertiary/aromatic N) is 2. The second-order valence-electron chi connectivity index (χ2n) is 9.57. The molecule has 2 heterocycles. The number of benzene rings is 1. The third-order valence-electron chi connectivity index (χ3n) is 6.25. The van der Waals surface area contributed by atoms with E-state index >= 15 is 0 Å². The Morgan fingerprint density at radius 2 is 1.88 bits per heavy atom. The number of carbonyl (C=O) groups is 2. The van der Waals surface area contributed by atoms with Crippen LogP contribution in [0.15, 0.2) is 48.9 Å². The Morgan fingerprint density at radius 3 is 2.44 bits per heavy atom. The molecule has 1 fully saturated rings. The minimum Gasteiger partial charge on any atom is -0.431 e. The number of aromatic nitrogens is 2. The summed E-state index contributed by atoms with van der Waals surface area (Å²) < 4.78 is 6.05. The second kappa shape index (κ2) is 10.3. The highest BCUT2D eigenvalue weighted by Gasteiger charge is 2.55. The molecular formula is C24H33BN4O3. The van der Waals surface area contributed by atoms with Gasteiger partial charge in [-0.15, -0.1) is 0 Å². The molecule has 1 unspecified atom stereocenters. The summed E-state index contributed by atoms with van der Waals surface area (Å²) >= 11 is 0. The molecule has 0 aliphatic carbocycles. The number of hydrogen-bond acceptors (Lipinski definition) is 5. The first-order valence-electron chi connectivity index (χ1n) is 11.2. The van der Waals surface area contributed by atoms with Crippen LogP contribution in [-0.4, -0.2) is 46.8 Å². The highest BCUT2D eigenvalue weighted by atomic mass is 16.5. The molecule has 0 radical (unpaired) electrons. The molecule has 170 valence electrons. The molecule has 2 amide bonds. The first-order chi connectivity index (χ1) is 15.2. The molecule has 3 atom stereocenters. The summed E-state index contributed by atoms with van der Waals surface area (Å²) in [6.07, 6.45) is 5.65. The summed E-state index contributed by atoms with van der Waals surface area (Å²) in [6, 6.07) is 8.90. The van der Waals surface area contributed by atoms with Crippen molar-refractivity contribution in [2.24, 2.45) is 5.92 Å². The maximum atomic E-state index is 13.4. The van der Waals surface area contributed by atoms with Crippen molar-refractivity contribution < 1.29 is 14.2 Å². The van der Waals surface area contributed by atoms with Crippen LogP contribution in [0.5, 0.6) is 0 Å². The predicted octanol–water partition coefficient (Wildman–Crippen LogP) is 3.08. The summed E-state index contributed by atoms with van der Waals surface area (Å²) in [5, 5.41) is 6.00. The Hall–Kier alpha value is -2.74. The number of amides is 2. The second-order valence-corrected chi connectivity index (χ2v) is 9.57. The summed E-state index contributed by atoms with van der Waals surface area (Å²) in [7, 11) is 0. The van der Waals surface area contributed by atoms with Crippen LogP contribution in [0.25, 0.3) is 0 Å². The molecular weight excluding hydrogens is 403 g/mol. The molecule has 8 heteroatoms. The molecule has 0 spiro atoms. The lowest BCUT2D eigenvalue weighted by Gasteiger charge is -2.51. The van der Waals surface area contributed by atoms with Gasteiger partial charge in [0.1, 0.15) is 11.7 Å². The molecule has 3 rings (SSSR count).